The fraction of sp³-hybridized carbons (Fsp3) is 1.00. The maximum Gasteiger partial charge on any atom is 0.00671 e. The highest BCUT2D eigenvalue weighted by molar-refractivity contribution is 4.79. The van der Waals surface area contributed by atoms with Crippen LogP contribution in [0.1, 0.15) is 41.5 Å². The molecule has 0 bridgehead atoms. The second-order valence-electron chi connectivity index (χ2n) is 4.28. The first-order valence-corrected chi connectivity index (χ1v) is 4.93. The van der Waals surface area contributed by atoms with Crippen molar-refractivity contribution in [2.24, 2.45) is 11.8 Å². The predicted octanol–water partition coefficient (Wildman–Crippen LogP) is 2.67. The number of hydrogen-bond donors (Lipinski definition) is 1. The third-order valence-electron chi connectivity index (χ3n) is 2.71. The fourth-order valence-electron chi connectivity index (χ4n) is 1.53. The highest BCUT2D eigenvalue weighted by Gasteiger charge is 2.23. The average Bonchev–Trinajstić information content (AvgIpc) is 1.79. The van der Waals surface area contributed by atoms with Gasteiger partial charge in [-0.2, -0.15) is 0 Å². The van der Waals surface area contributed by atoms with Crippen molar-refractivity contribution < 1.29 is 1.43 Å². The van der Waals surface area contributed by atoms with Crippen LogP contribution in [0.3, 0.4) is 0 Å². The van der Waals surface area contributed by atoms with Gasteiger partial charge in [-0.15, -0.1) is 0 Å². The summed E-state index contributed by atoms with van der Waals surface area (Å²) in [4.78, 5) is 0. The summed E-state index contributed by atoms with van der Waals surface area (Å²) in [5.41, 5.74) is 0. The summed E-state index contributed by atoms with van der Waals surface area (Å²) in [5, 5.41) is 3.58. The Balaban J connectivity index is 0.00000121. The largest absolute Gasteiger partial charge is 0.314 e. The average molecular weight is 157 g/mol. The van der Waals surface area contributed by atoms with Crippen molar-refractivity contribution in [3.8, 4) is 0 Å². The molecule has 11 heavy (non-hydrogen) atoms. The molecular formula is C10H23N. The third-order valence-corrected chi connectivity index (χ3v) is 2.71. The topological polar surface area (TPSA) is 12.0 Å². The molecule has 1 aliphatic rings. The van der Waals surface area contributed by atoms with Gasteiger partial charge in [0.25, 0.3) is 0 Å². The van der Waals surface area contributed by atoms with Crippen LogP contribution >= 0.6 is 0 Å². The molecule has 1 fully saturated rings. The third kappa shape index (κ3) is 2.82. The van der Waals surface area contributed by atoms with Crippen molar-refractivity contribution in [3.05, 3.63) is 0 Å². The van der Waals surface area contributed by atoms with E-state index in [0.29, 0.717) is 0 Å². The molecule has 0 unspecified atom stereocenters. The van der Waals surface area contributed by atoms with Crippen LogP contribution in [0.25, 0.3) is 0 Å². The van der Waals surface area contributed by atoms with Crippen molar-refractivity contribution in [2.45, 2.75) is 46.1 Å². The SMILES string of the molecule is CC(C)CN[C@H](C)C1CCC1.[HH]. The predicted molar refractivity (Wildman–Crippen MR) is 51.8 cm³/mol. The van der Waals surface area contributed by atoms with E-state index >= 15 is 0 Å². The first-order valence-electron chi connectivity index (χ1n) is 4.93. The monoisotopic (exact) mass is 157 g/mol. The lowest BCUT2D eigenvalue weighted by Crippen LogP contribution is -2.38. The molecule has 0 aliphatic heterocycles. The first kappa shape index (κ1) is 9.05. The van der Waals surface area contributed by atoms with Gasteiger partial charge in [-0.3, -0.25) is 0 Å². The van der Waals surface area contributed by atoms with Gasteiger partial charge in [0.15, 0.2) is 0 Å². The van der Waals surface area contributed by atoms with Crippen LogP contribution in [-0.4, -0.2) is 12.6 Å². The van der Waals surface area contributed by atoms with E-state index in [9.17, 15) is 0 Å². The summed E-state index contributed by atoms with van der Waals surface area (Å²) >= 11 is 0. The van der Waals surface area contributed by atoms with Crippen LogP contribution in [0.2, 0.25) is 0 Å². The molecule has 0 radical (unpaired) electrons. The second-order valence-corrected chi connectivity index (χ2v) is 4.28. The molecule has 1 saturated carbocycles. The van der Waals surface area contributed by atoms with Crippen LogP contribution in [0.5, 0.6) is 0 Å². The van der Waals surface area contributed by atoms with Crippen molar-refractivity contribution in [1.29, 1.82) is 0 Å². The van der Waals surface area contributed by atoms with Crippen LogP contribution < -0.4 is 5.32 Å². The van der Waals surface area contributed by atoms with Crippen molar-refractivity contribution >= 4 is 0 Å². The molecule has 0 aromatic carbocycles. The van der Waals surface area contributed by atoms with E-state index in [1.807, 2.05) is 0 Å². The number of nitrogens with one attached hydrogen (secondary N) is 1. The molecule has 1 atom stereocenters. The minimum Gasteiger partial charge on any atom is -0.314 e. The smallest absolute Gasteiger partial charge is 0.00671 e. The van der Waals surface area contributed by atoms with Gasteiger partial charge in [-0.1, -0.05) is 20.3 Å². The summed E-state index contributed by atoms with van der Waals surface area (Å²) in [7, 11) is 0. The van der Waals surface area contributed by atoms with E-state index in [4.69, 9.17) is 0 Å². The summed E-state index contributed by atoms with van der Waals surface area (Å²) < 4.78 is 0. The Bertz CT molecular complexity index is 110. The Labute approximate surface area is 72.1 Å². The summed E-state index contributed by atoms with van der Waals surface area (Å²) in [6, 6.07) is 0.756. The molecular weight excluding hydrogens is 134 g/mol. The van der Waals surface area contributed by atoms with E-state index in [-0.39, 0.29) is 1.43 Å². The Hall–Kier alpha value is -0.0400. The van der Waals surface area contributed by atoms with Crippen molar-refractivity contribution in [2.75, 3.05) is 6.54 Å². The van der Waals surface area contributed by atoms with E-state index in [1.165, 1.54) is 25.8 Å². The molecule has 0 aromatic rings. The lowest BCUT2D eigenvalue weighted by Gasteiger charge is -2.32. The molecule has 1 heteroatoms. The Kier molecular flexibility index (Phi) is 3.38. The van der Waals surface area contributed by atoms with Gasteiger partial charge in [0.2, 0.25) is 0 Å². The zero-order chi connectivity index (χ0) is 8.27. The molecule has 1 nitrogen and oxygen atoms in total. The lowest BCUT2D eigenvalue weighted by atomic mass is 9.80. The zero-order valence-corrected chi connectivity index (χ0v) is 8.06. The molecule has 0 heterocycles. The van der Waals surface area contributed by atoms with Crippen LogP contribution in [-0.2, 0) is 0 Å². The second kappa shape index (κ2) is 4.10. The Morgan fingerprint density at radius 1 is 1.36 bits per heavy atom. The molecule has 68 valence electrons. The van der Waals surface area contributed by atoms with E-state index in [1.54, 1.807) is 0 Å². The van der Waals surface area contributed by atoms with Gasteiger partial charge in [-0.05, 0) is 38.1 Å². The quantitative estimate of drug-likeness (QED) is 0.661. The highest BCUT2D eigenvalue weighted by Crippen LogP contribution is 2.29. The van der Waals surface area contributed by atoms with E-state index in [2.05, 4.69) is 26.1 Å². The van der Waals surface area contributed by atoms with Crippen LogP contribution in [0.15, 0.2) is 0 Å². The van der Waals surface area contributed by atoms with Gasteiger partial charge in [0, 0.05) is 7.47 Å². The fourth-order valence-corrected chi connectivity index (χ4v) is 1.53. The van der Waals surface area contributed by atoms with Crippen molar-refractivity contribution in [1.82, 2.24) is 5.32 Å². The highest BCUT2D eigenvalue weighted by atomic mass is 14.9. The Morgan fingerprint density at radius 2 is 2.00 bits per heavy atom. The minimum atomic E-state index is 0. The van der Waals surface area contributed by atoms with Gasteiger partial charge < -0.3 is 5.32 Å². The number of rotatable bonds is 4. The summed E-state index contributed by atoms with van der Waals surface area (Å²) in [5.74, 6) is 1.77. The molecule has 0 amide bonds. The van der Waals surface area contributed by atoms with Crippen molar-refractivity contribution in [3.63, 3.8) is 0 Å². The molecule has 0 aromatic heterocycles. The zero-order valence-electron chi connectivity index (χ0n) is 8.06. The standard InChI is InChI=1S/C10H21N.H2/c1-8(2)7-11-9(3)10-5-4-6-10;/h8-11H,4-7H2,1-3H3;1H/t9-;/m1./s1. The van der Waals surface area contributed by atoms with Crippen LogP contribution in [0, 0.1) is 11.8 Å². The van der Waals surface area contributed by atoms with Gasteiger partial charge in [-0.25, -0.2) is 0 Å². The summed E-state index contributed by atoms with van der Waals surface area (Å²) in [6.07, 6.45) is 4.36. The van der Waals surface area contributed by atoms with Gasteiger partial charge >= 0.3 is 0 Å². The molecule has 0 spiro atoms. The van der Waals surface area contributed by atoms with E-state index < -0.39 is 0 Å². The van der Waals surface area contributed by atoms with Gasteiger partial charge in [0.1, 0.15) is 0 Å². The molecule has 0 saturated heterocycles. The first-order chi connectivity index (χ1) is 5.20. The van der Waals surface area contributed by atoms with Crippen LogP contribution in [0.4, 0.5) is 0 Å². The van der Waals surface area contributed by atoms with Gasteiger partial charge in [0.05, 0.1) is 0 Å². The lowest BCUT2D eigenvalue weighted by molar-refractivity contribution is 0.236. The maximum atomic E-state index is 3.58. The Morgan fingerprint density at radius 3 is 2.36 bits per heavy atom. The molecule has 1 aliphatic carbocycles. The summed E-state index contributed by atoms with van der Waals surface area (Å²) in [6.45, 7) is 8.03. The maximum absolute atomic E-state index is 3.58. The number of hydrogen-bond acceptors (Lipinski definition) is 1. The van der Waals surface area contributed by atoms with E-state index in [0.717, 1.165) is 17.9 Å². The molecule has 1 rings (SSSR count). The minimum absolute atomic E-state index is 0. The normalized spacial score (nSPS) is 21.8. The molecule has 1 N–H and O–H groups in total.